The van der Waals surface area contributed by atoms with Crippen LogP contribution < -0.4 is 16.0 Å². The Kier molecular flexibility index (Phi) is 5.69. The number of benzene rings is 1. The molecule has 0 bridgehead atoms. The van der Waals surface area contributed by atoms with Gasteiger partial charge in [0.2, 0.25) is 15.9 Å². The summed E-state index contributed by atoms with van der Waals surface area (Å²) < 4.78 is 25.7. The summed E-state index contributed by atoms with van der Waals surface area (Å²) in [7, 11) is -0.650. The maximum atomic E-state index is 12.3. The lowest BCUT2D eigenvalue weighted by Crippen LogP contribution is -2.42. The third kappa shape index (κ3) is 4.93. The Labute approximate surface area is 148 Å². The zero-order chi connectivity index (χ0) is 18.8. The fraction of sp³-hybridized carbons (Fsp3) is 0.500. The van der Waals surface area contributed by atoms with Gasteiger partial charge in [-0.15, -0.1) is 0 Å². The molecule has 1 saturated carbocycles. The summed E-state index contributed by atoms with van der Waals surface area (Å²) >= 11 is 0. The molecule has 138 valence electrons. The number of rotatable bonds is 6. The summed E-state index contributed by atoms with van der Waals surface area (Å²) in [5, 5.41) is 7.81. The van der Waals surface area contributed by atoms with Gasteiger partial charge in [0.05, 0.1) is 11.4 Å². The summed E-state index contributed by atoms with van der Waals surface area (Å²) in [5.41, 5.74) is 2.17. The minimum atomic E-state index is -3.57. The molecule has 9 heteroatoms. The molecule has 0 heterocycles. The van der Waals surface area contributed by atoms with Crippen LogP contribution in [0, 0.1) is 13.8 Å². The molecule has 0 spiro atoms. The van der Waals surface area contributed by atoms with Gasteiger partial charge in [-0.05, 0) is 49.9 Å². The summed E-state index contributed by atoms with van der Waals surface area (Å²) in [6.45, 7) is 3.50. The van der Waals surface area contributed by atoms with Crippen LogP contribution >= 0.6 is 0 Å². The van der Waals surface area contributed by atoms with Crippen LogP contribution in [-0.2, 0) is 14.8 Å². The molecule has 0 aliphatic heterocycles. The maximum Gasteiger partial charge on any atom is 0.321 e. The zero-order valence-corrected chi connectivity index (χ0v) is 15.7. The number of amides is 3. The number of sulfonamides is 1. The van der Waals surface area contributed by atoms with Crippen molar-refractivity contribution in [3.05, 3.63) is 23.3 Å². The van der Waals surface area contributed by atoms with Crippen LogP contribution in [0.15, 0.2) is 17.0 Å². The standard InChI is InChI=1S/C16H24N4O4S/c1-10-7-13(25(23,24)20(3)4)8-14(11(10)2)17-9-15(21)19-16(22)18-12-5-6-12/h7-8,12,17H,5-6,9H2,1-4H3,(H2,18,19,21,22). The fourth-order valence-corrected chi connectivity index (χ4v) is 3.18. The first-order valence-corrected chi connectivity index (χ1v) is 9.43. The van der Waals surface area contributed by atoms with Crippen molar-refractivity contribution in [3.63, 3.8) is 0 Å². The predicted octanol–water partition coefficient (Wildman–Crippen LogP) is 0.954. The van der Waals surface area contributed by atoms with Crippen molar-refractivity contribution >= 4 is 27.6 Å². The number of carbonyl (C=O) groups excluding carboxylic acids is 2. The Morgan fingerprint density at radius 3 is 2.40 bits per heavy atom. The highest BCUT2D eigenvalue weighted by molar-refractivity contribution is 7.89. The van der Waals surface area contributed by atoms with Gasteiger partial charge in [0.15, 0.2) is 0 Å². The van der Waals surface area contributed by atoms with Crippen LogP contribution in [0.1, 0.15) is 24.0 Å². The third-order valence-electron chi connectivity index (χ3n) is 4.02. The van der Waals surface area contributed by atoms with Gasteiger partial charge < -0.3 is 10.6 Å². The summed E-state index contributed by atoms with van der Waals surface area (Å²) in [4.78, 5) is 23.5. The van der Waals surface area contributed by atoms with Crippen LogP contribution in [0.25, 0.3) is 0 Å². The highest BCUT2D eigenvalue weighted by atomic mass is 32.2. The van der Waals surface area contributed by atoms with Crippen molar-refractivity contribution in [3.8, 4) is 0 Å². The first-order valence-electron chi connectivity index (χ1n) is 7.99. The number of aryl methyl sites for hydroxylation is 1. The summed E-state index contributed by atoms with van der Waals surface area (Å²) in [5.74, 6) is -0.490. The predicted molar refractivity (Wildman–Crippen MR) is 95.0 cm³/mol. The number of carbonyl (C=O) groups is 2. The average Bonchev–Trinajstić information content (AvgIpc) is 3.31. The van der Waals surface area contributed by atoms with E-state index in [0.29, 0.717) is 5.69 Å². The lowest BCUT2D eigenvalue weighted by molar-refractivity contribution is -0.118. The molecule has 8 nitrogen and oxygen atoms in total. The average molecular weight is 368 g/mol. The van der Waals surface area contributed by atoms with Crippen LogP contribution in [0.5, 0.6) is 0 Å². The van der Waals surface area contributed by atoms with Crippen LogP contribution in [0.4, 0.5) is 10.5 Å². The third-order valence-corrected chi connectivity index (χ3v) is 5.82. The molecule has 0 aromatic heterocycles. The van der Waals surface area contributed by atoms with Gasteiger partial charge in [-0.25, -0.2) is 17.5 Å². The van der Waals surface area contributed by atoms with Crippen LogP contribution in [0.3, 0.4) is 0 Å². The van der Waals surface area contributed by atoms with Crippen molar-refractivity contribution in [2.45, 2.75) is 37.6 Å². The largest absolute Gasteiger partial charge is 0.376 e. The fourth-order valence-electron chi connectivity index (χ4n) is 2.17. The zero-order valence-electron chi connectivity index (χ0n) is 14.8. The van der Waals surface area contributed by atoms with E-state index in [0.717, 1.165) is 28.3 Å². The molecule has 3 amide bonds. The summed E-state index contributed by atoms with van der Waals surface area (Å²) in [6.07, 6.45) is 1.87. The van der Waals surface area contributed by atoms with E-state index in [2.05, 4.69) is 16.0 Å². The minimum Gasteiger partial charge on any atom is -0.376 e. The number of urea groups is 1. The Bertz CT molecular complexity index is 786. The number of nitrogens with zero attached hydrogens (tertiary/aromatic N) is 1. The van der Waals surface area contributed by atoms with Gasteiger partial charge in [-0.2, -0.15) is 0 Å². The number of nitrogens with one attached hydrogen (secondary N) is 3. The van der Waals surface area contributed by atoms with E-state index in [1.165, 1.54) is 20.2 Å². The normalized spacial score (nSPS) is 14.3. The molecule has 1 aromatic carbocycles. The molecule has 0 saturated heterocycles. The van der Waals surface area contributed by atoms with Crippen molar-refractivity contribution in [1.82, 2.24) is 14.9 Å². The quantitative estimate of drug-likeness (QED) is 0.693. The molecule has 0 atom stereocenters. The van der Waals surface area contributed by atoms with E-state index in [4.69, 9.17) is 0 Å². The highest BCUT2D eigenvalue weighted by Crippen LogP contribution is 2.25. The Balaban J connectivity index is 2.06. The first-order chi connectivity index (χ1) is 11.6. The molecule has 1 aliphatic rings. The maximum absolute atomic E-state index is 12.3. The highest BCUT2D eigenvalue weighted by Gasteiger charge is 2.24. The van der Waals surface area contributed by atoms with Gasteiger partial charge in [0.1, 0.15) is 0 Å². The molecule has 1 fully saturated rings. The van der Waals surface area contributed by atoms with E-state index in [-0.39, 0.29) is 17.5 Å². The topological polar surface area (TPSA) is 108 Å². The van der Waals surface area contributed by atoms with Crippen LogP contribution in [0.2, 0.25) is 0 Å². The minimum absolute atomic E-state index is 0.135. The second-order valence-electron chi connectivity index (χ2n) is 6.35. The van der Waals surface area contributed by atoms with Gasteiger partial charge in [0.25, 0.3) is 0 Å². The van der Waals surface area contributed by atoms with E-state index in [1.54, 1.807) is 13.0 Å². The van der Waals surface area contributed by atoms with Gasteiger partial charge in [-0.1, -0.05) is 0 Å². The second kappa shape index (κ2) is 7.40. The number of hydrogen-bond donors (Lipinski definition) is 3. The van der Waals surface area contributed by atoms with Crippen molar-refractivity contribution in [2.24, 2.45) is 0 Å². The lowest BCUT2D eigenvalue weighted by atomic mass is 10.1. The smallest absolute Gasteiger partial charge is 0.321 e. The molecular formula is C16H24N4O4S. The first kappa shape index (κ1) is 19.2. The lowest BCUT2D eigenvalue weighted by Gasteiger charge is -2.16. The van der Waals surface area contributed by atoms with Crippen molar-refractivity contribution < 1.29 is 18.0 Å². The van der Waals surface area contributed by atoms with Crippen molar-refractivity contribution in [1.29, 1.82) is 0 Å². The molecule has 25 heavy (non-hydrogen) atoms. The Hall–Kier alpha value is -2.13. The monoisotopic (exact) mass is 368 g/mol. The van der Waals surface area contributed by atoms with E-state index in [1.807, 2.05) is 6.92 Å². The molecule has 2 rings (SSSR count). The molecular weight excluding hydrogens is 344 g/mol. The Morgan fingerprint density at radius 2 is 1.84 bits per heavy atom. The van der Waals surface area contributed by atoms with E-state index in [9.17, 15) is 18.0 Å². The molecule has 1 aliphatic carbocycles. The number of anilines is 1. The van der Waals surface area contributed by atoms with Crippen LogP contribution in [-0.4, -0.2) is 51.3 Å². The number of hydrogen-bond acceptors (Lipinski definition) is 5. The van der Waals surface area contributed by atoms with E-state index < -0.39 is 22.0 Å². The SMILES string of the molecule is Cc1cc(S(=O)(=O)N(C)C)cc(NCC(=O)NC(=O)NC2CC2)c1C. The number of imide groups is 1. The van der Waals surface area contributed by atoms with Crippen molar-refractivity contribution in [2.75, 3.05) is 26.0 Å². The molecule has 0 radical (unpaired) electrons. The van der Waals surface area contributed by atoms with Gasteiger partial charge in [0, 0.05) is 25.8 Å². The second-order valence-corrected chi connectivity index (χ2v) is 8.50. The molecule has 1 aromatic rings. The summed E-state index contributed by atoms with van der Waals surface area (Å²) in [6, 6.07) is 2.75. The van der Waals surface area contributed by atoms with Gasteiger partial charge in [-0.3, -0.25) is 10.1 Å². The Morgan fingerprint density at radius 1 is 1.20 bits per heavy atom. The van der Waals surface area contributed by atoms with E-state index >= 15 is 0 Å². The van der Waals surface area contributed by atoms with Gasteiger partial charge >= 0.3 is 6.03 Å². The molecule has 3 N–H and O–H groups in total. The molecule has 0 unspecified atom stereocenters.